The van der Waals surface area contributed by atoms with Crippen molar-refractivity contribution in [3.05, 3.63) is 41.5 Å². The van der Waals surface area contributed by atoms with Gasteiger partial charge in [-0.2, -0.15) is 0 Å². The lowest BCUT2D eigenvalue weighted by Crippen LogP contribution is -1.83. The Hall–Kier alpha value is -1.37. The zero-order valence-corrected chi connectivity index (χ0v) is 8.08. The molecular formula is C12H14O. The van der Waals surface area contributed by atoms with Gasteiger partial charge >= 0.3 is 0 Å². The van der Waals surface area contributed by atoms with Crippen molar-refractivity contribution in [3.63, 3.8) is 0 Å². The van der Waals surface area contributed by atoms with Crippen LogP contribution in [0.15, 0.2) is 30.3 Å². The molecule has 2 rings (SSSR count). The van der Waals surface area contributed by atoms with Gasteiger partial charge in [0.05, 0.1) is 0 Å². The van der Waals surface area contributed by atoms with Crippen molar-refractivity contribution in [3.8, 4) is 0 Å². The van der Waals surface area contributed by atoms with Crippen LogP contribution in [0.2, 0.25) is 0 Å². The molecule has 1 aliphatic rings. The number of hydrogen-bond donors (Lipinski definition) is 0. The van der Waals surface area contributed by atoms with Crippen LogP contribution in [-0.4, -0.2) is 6.29 Å². The van der Waals surface area contributed by atoms with Gasteiger partial charge in [0.25, 0.3) is 0 Å². The second kappa shape index (κ2) is 4.61. The van der Waals surface area contributed by atoms with Crippen molar-refractivity contribution in [1.29, 1.82) is 0 Å². The highest BCUT2D eigenvalue weighted by Gasteiger charge is 2.10. The molecule has 0 radical (unpaired) electrons. The number of carbonyl (C=O) groups excluding carboxylic acids is 1. The summed E-state index contributed by atoms with van der Waals surface area (Å²) in [6.07, 6.45) is 3.80. The number of allylic oxidation sites excluding steroid dienone is 2. The second-order valence-electron chi connectivity index (χ2n) is 2.64. The summed E-state index contributed by atoms with van der Waals surface area (Å²) in [5.41, 5.74) is 3.19. The Morgan fingerprint density at radius 2 is 1.92 bits per heavy atom. The molecule has 0 aromatic heterocycles. The minimum Gasteiger partial charge on any atom is -0.298 e. The van der Waals surface area contributed by atoms with Gasteiger partial charge in [-0.1, -0.05) is 44.2 Å². The third kappa shape index (κ3) is 1.86. The molecule has 0 bridgehead atoms. The molecule has 1 heteroatoms. The van der Waals surface area contributed by atoms with Crippen molar-refractivity contribution >= 4 is 11.9 Å². The van der Waals surface area contributed by atoms with Gasteiger partial charge in [0.2, 0.25) is 0 Å². The third-order valence-electron chi connectivity index (χ3n) is 2.00. The summed E-state index contributed by atoms with van der Waals surface area (Å²) in [6, 6.07) is 8.01. The maximum Gasteiger partial charge on any atom is 0.150 e. The molecule has 0 amide bonds. The van der Waals surface area contributed by atoms with Crippen LogP contribution in [0.4, 0.5) is 0 Å². The summed E-state index contributed by atoms with van der Waals surface area (Å²) in [7, 11) is 0. The van der Waals surface area contributed by atoms with Crippen LogP contribution in [0, 0.1) is 0 Å². The van der Waals surface area contributed by atoms with E-state index in [1.807, 2.05) is 38.1 Å². The molecule has 1 aromatic carbocycles. The normalized spacial score (nSPS) is 12.3. The Morgan fingerprint density at radius 3 is 2.62 bits per heavy atom. The highest BCUT2D eigenvalue weighted by Crippen LogP contribution is 2.24. The molecule has 0 spiro atoms. The van der Waals surface area contributed by atoms with Gasteiger partial charge in [-0.05, 0) is 17.5 Å². The largest absolute Gasteiger partial charge is 0.298 e. The molecule has 0 aliphatic heterocycles. The van der Waals surface area contributed by atoms with E-state index in [2.05, 4.69) is 6.07 Å². The van der Waals surface area contributed by atoms with E-state index in [4.69, 9.17) is 0 Å². The average molecular weight is 174 g/mol. The Labute approximate surface area is 79.1 Å². The standard InChI is InChI=1S/C10H8O.C2H6/c11-7-9-6-5-8-3-1-2-4-10(8)9;1-2/h1-4,6-7H,5H2;1-2H3. The molecule has 0 saturated carbocycles. The second-order valence-corrected chi connectivity index (χ2v) is 2.64. The van der Waals surface area contributed by atoms with E-state index in [1.165, 1.54) is 5.56 Å². The molecular weight excluding hydrogens is 160 g/mol. The van der Waals surface area contributed by atoms with Crippen molar-refractivity contribution in [2.75, 3.05) is 0 Å². The number of rotatable bonds is 1. The lowest BCUT2D eigenvalue weighted by molar-refractivity contribution is -0.103. The van der Waals surface area contributed by atoms with Crippen molar-refractivity contribution in [1.82, 2.24) is 0 Å². The number of aldehydes is 1. The highest BCUT2D eigenvalue weighted by atomic mass is 16.1. The maximum atomic E-state index is 10.5. The molecule has 13 heavy (non-hydrogen) atoms. The number of fused-ring (bicyclic) bond motifs is 1. The minimum atomic E-state index is 0.834. The monoisotopic (exact) mass is 174 g/mol. The topological polar surface area (TPSA) is 17.1 Å². The minimum absolute atomic E-state index is 0.834. The van der Waals surface area contributed by atoms with Gasteiger partial charge in [-0.3, -0.25) is 4.79 Å². The Morgan fingerprint density at radius 1 is 1.23 bits per heavy atom. The van der Waals surface area contributed by atoms with Crippen LogP contribution in [-0.2, 0) is 11.2 Å². The van der Waals surface area contributed by atoms with Crippen molar-refractivity contribution in [2.45, 2.75) is 20.3 Å². The van der Waals surface area contributed by atoms with Gasteiger partial charge in [-0.15, -0.1) is 0 Å². The summed E-state index contributed by atoms with van der Waals surface area (Å²) < 4.78 is 0. The smallest absolute Gasteiger partial charge is 0.150 e. The van der Waals surface area contributed by atoms with Crippen molar-refractivity contribution in [2.24, 2.45) is 0 Å². The van der Waals surface area contributed by atoms with Gasteiger partial charge in [0, 0.05) is 5.57 Å². The van der Waals surface area contributed by atoms with Crippen LogP contribution in [0.1, 0.15) is 25.0 Å². The van der Waals surface area contributed by atoms with E-state index in [0.717, 1.165) is 23.8 Å². The van der Waals surface area contributed by atoms with Crippen LogP contribution in [0.3, 0.4) is 0 Å². The zero-order valence-electron chi connectivity index (χ0n) is 8.08. The van der Waals surface area contributed by atoms with E-state index >= 15 is 0 Å². The fourth-order valence-electron chi connectivity index (χ4n) is 1.42. The number of benzene rings is 1. The molecule has 0 fully saturated rings. The fourth-order valence-corrected chi connectivity index (χ4v) is 1.42. The molecule has 1 aliphatic carbocycles. The highest BCUT2D eigenvalue weighted by molar-refractivity contribution is 6.08. The van der Waals surface area contributed by atoms with Gasteiger partial charge in [-0.25, -0.2) is 0 Å². The van der Waals surface area contributed by atoms with Crippen LogP contribution in [0.25, 0.3) is 5.57 Å². The first-order valence-electron chi connectivity index (χ1n) is 4.65. The Bertz CT molecular complexity index is 324. The third-order valence-corrected chi connectivity index (χ3v) is 2.00. The van der Waals surface area contributed by atoms with Crippen LogP contribution >= 0.6 is 0 Å². The Kier molecular flexibility index (Phi) is 3.44. The first-order chi connectivity index (χ1) is 6.42. The molecule has 0 atom stereocenters. The summed E-state index contributed by atoms with van der Waals surface area (Å²) in [5, 5.41) is 0. The van der Waals surface area contributed by atoms with E-state index in [0.29, 0.717) is 0 Å². The summed E-state index contributed by atoms with van der Waals surface area (Å²) in [4.78, 5) is 10.5. The first kappa shape index (κ1) is 9.72. The summed E-state index contributed by atoms with van der Waals surface area (Å²) in [6.45, 7) is 4.00. The van der Waals surface area contributed by atoms with Gasteiger partial charge in [0.1, 0.15) is 6.29 Å². The zero-order chi connectivity index (χ0) is 9.68. The summed E-state index contributed by atoms with van der Waals surface area (Å²) in [5.74, 6) is 0. The quantitative estimate of drug-likeness (QED) is 0.598. The predicted molar refractivity (Wildman–Crippen MR) is 55.5 cm³/mol. The number of hydrogen-bond acceptors (Lipinski definition) is 1. The molecule has 68 valence electrons. The van der Waals surface area contributed by atoms with Crippen LogP contribution < -0.4 is 0 Å². The molecule has 0 saturated heterocycles. The maximum absolute atomic E-state index is 10.5. The SMILES string of the molecule is CC.O=CC1=CCc2ccccc21. The lowest BCUT2D eigenvalue weighted by Gasteiger charge is -1.96. The van der Waals surface area contributed by atoms with Gasteiger partial charge < -0.3 is 0 Å². The predicted octanol–water partition coefficient (Wildman–Crippen LogP) is 2.85. The summed E-state index contributed by atoms with van der Waals surface area (Å²) >= 11 is 0. The molecule has 0 unspecified atom stereocenters. The average Bonchev–Trinajstić information content (AvgIpc) is 2.64. The van der Waals surface area contributed by atoms with E-state index in [9.17, 15) is 4.79 Å². The number of carbonyl (C=O) groups is 1. The van der Waals surface area contributed by atoms with Gasteiger partial charge in [0.15, 0.2) is 0 Å². The van der Waals surface area contributed by atoms with E-state index in [1.54, 1.807) is 0 Å². The fraction of sp³-hybridized carbons (Fsp3) is 0.250. The lowest BCUT2D eigenvalue weighted by atomic mass is 10.1. The molecule has 0 N–H and O–H groups in total. The molecule has 1 aromatic rings. The molecule has 1 nitrogen and oxygen atoms in total. The Balaban J connectivity index is 0.000000396. The van der Waals surface area contributed by atoms with E-state index < -0.39 is 0 Å². The van der Waals surface area contributed by atoms with Crippen molar-refractivity contribution < 1.29 is 4.79 Å². The first-order valence-corrected chi connectivity index (χ1v) is 4.65. The van der Waals surface area contributed by atoms with Crippen LogP contribution in [0.5, 0.6) is 0 Å². The molecule has 0 heterocycles. The van der Waals surface area contributed by atoms with E-state index in [-0.39, 0.29) is 0 Å².